The number of benzene rings is 3. The van der Waals surface area contributed by atoms with Crippen LogP contribution in [0.2, 0.25) is 0 Å². The summed E-state index contributed by atoms with van der Waals surface area (Å²) in [5.74, 6) is 1.02. The molecule has 1 unspecified atom stereocenters. The Kier molecular flexibility index (Phi) is 4.86. The molecule has 0 saturated heterocycles. The Bertz CT molecular complexity index is 1320. The topological polar surface area (TPSA) is 61.8 Å². The van der Waals surface area contributed by atoms with Crippen LogP contribution in [0.1, 0.15) is 38.8 Å². The summed E-state index contributed by atoms with van der Waals surface area (Å²) in [4.78, 5) is 25.4. The Balaban J connectivity index is 1.39. The molecule has 5 rings (SSSR count). The number of carbonyl (C=O) groups excluding carboxylic acids is 2. The highest BCUT2D eigenvalue weighted by Crippen LogP contribution is 2.36. The van der Waals surface area contributed by atoms with E-state index in [1.165, 1.54) is 0 Å². The van der Waals surface area contributed by atoms with Gasteiger partial charge in [0.15, 0.2) is 5.76 Å². The molecule has 0 amide bonds. The number of hydrogen-bond donors (Lipinski definition) is 0. The molecule has 3 aromatic carbocycles. The SMILES string of the molecule is Cc1ccccc1C(=O)Oc1ccc2c(c1)O/C(=C\C1=Cc3ccccc3OC1C)C2=O. The van der Waals surface area contributed by atoms with Crippen LogP contribution in [-0.2, 0) is 0 Å². The summed E-state index contributed by atoms with van der Waals surface area (Å²) in [5.41, 5.74) is 3.53. The molecule has 0 fully saturated rings. The van der Waals surface area contributed by atoms with Crippen molar-refractivity contribution in [3.63, 3.8) is 0 Å². The van der Waals surface area contributed by atoms with Crippen LogP contribution in [0.5, 0.6) is 17.2 Å². The lowest BCUT2D eigenvalue weighted by Gasteiger charge is -2.22. The van der Waals surface area contributed by atoms with Gasteiger partial charge in [-0.05, 0) is 61.4 Å². The first-order chi connectivity index (χ1) is 15.5. The number of ether oxygens (including phenoxy) is 3. The maximum absolute atomic E-state index is 12.9. The standard InChI is InChI=1S/C27H20O5/c1-16-7-3-5-9-21(16)27(29)31-20-11-12-22-24(15-20)32-25(26(22)28)14-19-13-18-8-4-6-10-23(18)30-17(19)2/h3-15,17H,1-2H3/b25-14-. The van der Waals surface area contributed by atoms with Crippen molar-refractivity contribution in [3.8, 4) is 17.2 Å². The molecule has 2 aliphatic heterocycles. The van der Waals surface area contributed by atoms with Crippen LogP contribution < -0.4 is 14.2 Å². The molecule has 0 saturated carbocycles. The lowest BCUT2D eigenvalue weighted by Crippen LogP contribution is -2.18. The number of carbonyl (C=O) groups is 2. The van der Waals surface area contributed by atoms with Gasteiger partial charge >= 0.3 is 5.97 Å². The van der Waals surface area contributed by atoms with Gasteiger partial charge in [0.25, 0.3) is 0 Å². The number of hydrogen-bond acceptors (Lipinski definition) is 5. The number of esters is 1. The van der Waals surface area contributed by atoms with Crippen molar-refractivity contribution in [1.29, 1.82) is 0 Å². The van der Waals surface area contributed by atoms with Gasteiger partial charge in [0.05, 0.1) is 11.1 Å². The molecular weight excluding hydrogens is 404 g/mol. The summed E-state index contributed by atoms with van der Waals surface area (Å²) in [7, 11) is 0. The van der Waals surface area contributed by atoms with E-state index >= 15 is 0 Å². The molecule has 2 aliphatic rings. The number of rotatable bonds is 3. The number of aryl methyl sites for hydroxylation is 1. The first-order valence-corrected chi connectivity index (χ1v) is 10.3. The molecule has 0 aliphatic carbocycles. The minimum atomic E-state index is -0.458. The van der Waals surface area contributed by atoms with Gasteiger partial charge in [-0.2, -0.15) is 0 Å². The van der Waals surface area contributed by atoms with E-state index in [0.29, 0.717) is 22.6 Å². The van der Waals surface area contributed by atoms with E-state index in [0.717, 1.165) is 22.4 Å². The highest BCUT2D eigenvalue weighted by molar-refractivity contribution is 6.12. The molecular formula is C27H20O5. The van der Waals surface area contributed by atoms with Crippen molar-refractivity contribution in [2.24, 2.45) is 0 Å². The van der Waals surface area contributed by atoms with Crippen molar-refractivity contribution in [2.75, 3.05) is 0 Å². The van der Waals surface area contributed by atoms with Crippen LogP contribution in [0.3, 0.4) is 0 Å². The van der Waals surface area contributed by atoms with Crippen LogP contribution in [0.25, 0.3) is 6.08 Å². The minimum absolute atomic E-state index is 0.212. The van der Waals surface area contributed by atoms with E-state index in [9.17, 15) is 9.59 Å². The fourth-order valence-electron chi connectivity index (χ4n) is 3.77. The zero-order valence-electron chi connectivity index (χ0n) is 17.6. The average molecular weight is 424 g/mol. The Morgan fingerprint density at radius 2 is 1.78 bits per heavy atom. The molecule has 0 aromatic heterocycles. The summed E-state index contributed by atoms with van der Waals surface area (Å²) in [6.45, 7) is 3.77. The molecule has 5 heteroatoms. The molecule has 0 bridgehead atoms. The lowest BCUT2D eigenvalue weighted by atomic mass is 10.0. The maximum atomic E-state index is 12.9. The van der Waals surface area contributed by atoms with E-state index in [1.807, 2.05) is 56.3 Å². The van der Waals surface area contributed by atoms with Gasteiger partial charge in [-0.25, -0.2) is 4.79 Å². The summed E-state index contributed by atoms with van der Waals surface area (Å²) >= 11 is 0. The first kappa shape index (κ1) is 19.8. The van der Waals surface area contributed by atoms with Gasteiger partial charge in [-0.1, -0.05) is 36.4 Å². The Morgan fingerprint density at radius 1 is 1.00 bits per heavy atom. The fourth-order valence-corrected chi connectivity index (χ4v) is 3.77. The second-order valence-electron chi connectivity index (χ2n) is 7.74. The monoisotopic (exact) mass is 424 g/mol. The van der Waals surface area contributed by atoms with Crippen molar-refractivity contribution in [1.82, 2.24) is 0 Å². The van der Waals surface area contributed by atoms with E-state index in [-0.39, 0.29) is 17.6 Å². The second-order valence-corrected chi connectivity index (χ2v) is 7.74. The Hall–Kier alpha value is -4.12. The van der Waals surface area contributed by atoms with Gasteiger partial charge in [0, 0.05) is 11.6 Å². The highest BCUT2D eigenvalue weighted by atomic mass is 16.5. The number of ketones is 1. The molecule has 0 N–H and O–H groups in total. The summed E-state index contributed by atoms with van der Waals surface area (Å²) in [5, 5.41) is 0. The third-order valence-electron chi connectivity index (χ3n) is 5.53. The second kappa shape index (κ2) is 7.85. The predicted octanol–water partition coefficient (Wildman–Crippen LogP) is 5.54. The van der Waals surface area contributed by atoms with Gasteiger partial charge in [0.1, 0.15) is 23.4 Å². The van der Waals surface area contributed by atoms with Gasteiger partial charge in [-0.15, -0.1) is 0 Å². The van der Waals surface area contributed by atoms with Crippen molar-refractivity contribution in [3.05, 3.63) is 106 Å². The van der Waals surface area contributed by atoms with Crippen LogP contribution >= 0.6 is 0 Å². The Labute approximate surface area is 185 Å². The molecule has 3 aromatic rings. The molecule has 158 valence electrons. The first-order valence-electron chi connectivity index (χ1n) is 10.3. The summed E-state index contributed by atoms with van der Waals surface area (Å²) < 4.78 is 17.3. The molecule has 0 spiro atoms. The maximum Gasteiger partial charge on any atom is 0.343 e. The van der Waals surface area contributed by atoms with E-state index in [4.69, 9.17) is 14.2 Å². The number of fused-ring (bicyclic) bond motifs is 2. The summed E-state index contributed by atoms with van der Waals surface area (Å²) in [6, 6.07) is 19.7. The lowest BCUT2D eigenvalue weighted by molar-refractivity contribution is 0.0733. The zero-order chi connectivity index (χ0) is 22.2. The molecule has 0 radical (unpaired) electrons. The zero-order valence-corrected chi connectivity index (χ0v) is 17.6. The summed E-state index contributed by atoms with van der Waals surface area (Å²) in [6.07, 6.45) is 3.48. The largest absolute Gasteiger partial charge is 0.485 e. The highest BCUT2D eigenvalue weighted by Gasteiger charge is 2.29. The van der Waals surface area contributed by atoms with Crippen molar-refractivity contribution in [2.45, 2.75) is 20.0 Å². The fraction of sp³-hybridized carbons (Fsp3) is 0.111. The smallest absolute Gasteiger partial charge is 0.343 e. The number of allylic oxidation sites excluding steroid dienone is 1. The normalized spacial score (nSPS) is 17.7. The van der Waals surface area contributed by atoms with Crippen LogP contribution in [0, 0.1) is 6.92 Å². The Morgan fingerprint density at radius 3 is 2.62 bits per heavy atom. The molecule has 5 nitrogen and oxygen atoms in total. The third kappa shape index (κ3) is 3.58. The quantitative estimate of drug-likeness (QED) is 0.314. The van der Waals surface area contributed by atoms with Gasteiger partial charge in [-0.3, -0.25) is 4.79 Å². The predicted molar refractivity (Wildman–Crippen MR) is 120 cm³/mol. The minimum Gasteiger partial charge on any atom is -0.485 e. The van der Waals surface area contributed by atoms with Crippen molar-refractivity contribution >= 4 is 17.8 Å². The van der Waals surface area contributed by atoms with Crippen LogP contribution in [-0.4, -0.2) is 17.9 Å². The van der Waals surface area contributed by atoms with Crippen LogP contribution in [0.15, 0.2) is 84.1 Å². The number of para-hydroxylation sites is 1. The van der Waals surface area contributed by atoms with Gasteiger partial charge < -0.3 is 14.2 Å². The number of Topliss-reactive ketones (excluding diaryl/α,β-unsaturated/α-hetero) is 1. The average Bonchev–Trinajstić information content (AvgIpc) is 3.09. The van der Waals surface area contributed by atoms with E-state index < -0.39 is 5.97 Å². The van der Waals surface area contributed by atoms with Crippen molar-refractivity contribution < 1.29 is 23.8 Å². The molecule has 2 heterocycles. The van der Waals surface area contributed by atoms with E-state index in [1.54, 1.807) is 36.4 Å². The van der Waals surface area contributed by atoms with Gasteiger partial charge in [0.2, 0.25) is 5.78 Å². The van der Waals surface area contributed by atoms with Crippen LogP contribution in [0.4, 0.5) is 0 Å². The molecule has 32 heavy (non-hydrogen) atoms. The molecule has 1 atom stereocenters. The van der Waals surface area contributed by atoms with E-state index in [2.05, 4.69) is 0 Å². The third-order valence-corrected chi connectivity index (χ3v) is 5.53.